The Morgan fingerprint density at radius 1 is 0.724 bits per heavy atom. The first-order valence-electron chi connectivity index (χ1n) is 10.5. The molecule has 0 aliphatic carbocycles. The number of hydrogen-bond donors (Lipinski definition) is 0. The van der Waals surface area contributed by atoms with Crippen LogP contribution in [0.15, 0.2) is 60.7 Å². The van der Waals surface area contributed by atoms with E-state index in [0.29, 0.717) is 22.3 Å². The maximum atomic E-state index is 13.9. The lowest BCUT2D eigenvalue weighted by atomic mass is 10.1. The molecule has 0 saturated carbocycles. The quantitative estimate of drug-likeness (QED) is 0.411. The first-order valence-corrected chi connectivity index (χ1v) is 12.7. The number of anilines is 1. The monoisotopic (exact) mass is 408 g/mol. The predicted octanol–water partition coefficient (Wildman–Crippen LogP) is 6.37. The summed E-state index contributed by atoms with van der Waals surface area (Å²) in [5.74, 6) is -0.147. The van der Waals surface area contributed by atoms with Gasteiger partial charge >= 0.3 is 6.03 Å². The highest BCUT2D eigenvalue weighted by molar-refractivity contribution is 6.83. The molecular formula is C24H32N2O2Si. The average molecular weight is 409 g/mol. The fourth-order valence-electron chi connectivity index (χ4n) is 5.51. The molecule has 29 heavy (non-hydrogen) atoms. The van der Waals surface area contributed by atoms with Crippen LogP contribution in [0.4, 0.5) is 10.5 Å². The molecule has 0 N–H and O–H groups in total. The topological polar surface area (TPSA) is 40.6 Å². The third-order valence-corrected chi connectivity index (χ3v) is 13.3. The van der Waals surface area contributed by atoms with Gasteiger partial charge in [-0.1, -0.05) is 90.1 Å². The van der Waals surface area contributed by atoms with Gasteiger partial charge in [0.15, 0.2) is 8.24 Å². The lowest BCUT2D eigenvalue weighted by Crippen LogP contribution is -2.61. The summed E-state index contributed by atoms with van der Waals surface area (Å²) in [6.45, 7) is 13.3. The molecule has 5 heteroatoms. The van der Waals surface area contributed by atoms with Crippen molar-refractivity contribution in [3.63, 3.8) is 0 Å². The van der Waals surface area contributed by atoms with Gasteiger partial charge in [-0.15, -0.1) is 0 Å². The van der Waals surface area contributed by atoms with E-state index in [9.17, 15) is 9.59 Å². The molecule has 2 aromatic rings. The molecule has 1 aliphatic rings. The van der Waals surface area contributed by atoms with Crippen LogP contribution in [0.2, 0.25) is 16.6 Å². The van der Waals surface area contributed by atoms with E-state index in [4.69, 9.17) is 0 Å². The minimum atomic E-state index is -2.40. The molecule has 1 saturated heterocycles. The van der Waals surface area contributed by atoms with E-state index in [2.05, 4.69) is 41.5 Å². The fourth-order valence-corrected chi connectivity index (χ4v) is 12.3. The van der Waals surface area contributed by atoms with Crippen LogP contribution in [0.3, 0.4) is 0 Å². The van der Waals surface area contributed by atoms with Gasteiger partial charge in [0.25, 0.3) is 5.91 Å². The maximum Gasteiger partial charge on any atom is 0.324 e. The molecule has 3 amide bonds. The Morgan fingerprint density at radius 2 is 1.17 bits per heavy atom. The third-order valence-electron chi connectivity index (χ3n) is 6.43. The zero-order chi connectivity index (χ0) is 21.3. The van der Waals surface area contributed by atoms with Crippen molar-refractivity contribution in [1.29, 1.82) is 0 Å². The lowest BCUT2D eigenvalue weighted by molar-refractivity contribution is -0.119. The molecule has 4 nitrogen and oxygen atoms in total. The second kappa shape index (κ2) is 8.15. The normalized spacial score (nSPS) is 17.9. The Kier molecular flexibility index (Phi) is 5.99. The highest BCUT2D eigenvalue weighted by atomic mass is 28.3. The number of hydrogen-bond acceptors (Lipinski definition) is 2. The second-order valence-corrected chi connectivity index (χ2v) is 14.5. The zero-order valence-electron chi connectivity index (χ0n) is 18.3. The predicted molar refractivity (Wildman–Crippen MR) is 121 cm³/mol. The van der Waals surface area contributed by atoms with Gasteiger partial charge in [0.05, 0.1) is 5.69 Å². The van der Waals surface area contributed by atoms with Crippen LogP contribution in [-0.4, -0.2) is 24.7 Å². The molecule has 1 atom stereocenters. The molecule has 0 aromatic heterocycles. The van der Waals surface area contributed by atoms with Crippen molar-refractivity contribution in [2.75, 3.05) is 4.90 Å². The number of rotatable bonds is 6. The Balaban J connectivity index is 2.26. The summed E-state index contributed by atoms with van der Waals surface area (Å²) in [7, 11) is -2.40. The summed E-state index contributed by atoms with van der Waals surface area (Å²) >= 11 is 0. The molecule has 2 aromatic carbocycles. The summed E-state index contributed by atoms with van der Waals surface area (Å²) < 4.78 is 2.03. The van der Waals surface area contributed by atoms with Gasteiger partial charge in [-0.2, -0.15) is 0 Å². The van der Waals surface area contributed by atoms with Gasteiger partial charge in [0, 0.05) is 0 Å². The van der Waals surface area contributed by atoms with Crippen LogP contribution in [0.5, 0.6) is 0 Å². The third kappa shape index (κ3) is 3.31. The largest absolute Gasteiger partial charge is 0.335 e. The first kappa shape index (κ1) is 21.3. The van der Waals surface area contributed by atoms with Crippen LogP contribution in [0.25, 0.3) is 0 Å². The Morgan fingerprint density at radius 3 is 1.62 bits per heavy atom. The van der Waals surface area contributed by atoms with Crippen molar-refractivity contribution in [2.45, 2.75) is 64.2 Å². The van der Waals surface area contributed by atoms with Crippen LogP contribution < -0.4 is 4.90 Å². The Bertz CT molecular complexity index is 843. The summed E-state index contributed by atoms with van der Waals surface area (Å²) in [6, 6.07) is 18.4. The van der Waals surface area contributed by atoms with Gasteiger partial charge in [-0.3, -0.25) is 4.79 Å². The number of para-hydroxylation sites is 1. The highest BCUT2D eigenvalue weighted by Gasteiger charge is 2.60. The molecule has 0 spiro atoms. The number of imide groups is 1. The van der Waals surface area contributed by atoms with Gasteiger partial charge in [-0.05, 0) is 34.3 Å². The Hall–Kier alpha value is -2.40. The van der Waals surface area contributed by atoms with Crippen molar-refractivity contribution in [2.24, 2.45) is 0 Å². The van der Waals surface area contributed by atoms with Crippen molar-refractivity contribution in [1.82, 2.24) is 4.57 Å². The molecule has 154 valence electrons. The summed E-state index contributed by atoms with van der Waals surface area (Å²) in [4.78, 5) is 29.0. The molecule has 0 radical (unpaired) electrons. The molecule has 1 heterocycles. The highest BCUT2D eigenvalue weighted by Crippen LogP contribution is 2.50. The van der Waals surface area contributed by atoms with Gasteiger partial charge in [0.1, 0.15) is 6.04 Å². The first-order chi connectivity index (χ1) is 13.7. The van der Waals surface area contributed by atoms with E-state index in [1.54, 1.807) is 0 Å². The van der Waals surface area contributed by atoms with Gasteiger partial charge < -0.3 is 4.57 Å². The lowest BCUT2D eigenvalue weighted by Gasteiger charge is -2.50. The minimum absolute atomic E-state index is 0.147. The minimum Gasteiger partial charge on any atom is -0.335 e. The van der Waals surface area contributed by atoms with E-state index in [1.165, 1.54) is 4.90 Å². The van der Waals surface area contributed by atoms with Crippen molar-refractivity contribution in [3.05, 3.63) is 66.2 Å². The van der Waals surface area contributed by atoms with Gasteiger partial charge in [0.2, 0.25) is 0 Å². The van der Waals surface area contributed by atoms with Crippen LogP contribution in [-0.2, 0) is 4.79 Å². The summed E-state index contributed by atoms with van der Waals surface area (Å²) in [5, 5.41) is 0. The molecular weight excluding hydrogens is 376 g/mol. The van der Waals surface area contributed by atoms with E-state index in [-0.39, 0.29) is 11.9 Å². The fraction of sp³-hybridized carbons (Fsp3) is 0.417. The SMILES string of the molecule is CC(C)[Si](C(C)C)(C(C)C)N1C(=O)N(c2ccccc2)C(=O)C1c1ccccc1. The molecule has 3 rings (SSSR count). The number of carbonyl (C=O) groups is 2. The maximum absolute atomic E-state index is 13.9. The van der Waals surface area contributed by atoms with E-state index in [1.807, 2.05) is 65.2 Å². The van der Waals surface area contributed by atoms with Crippen LogP contribution in [0, 0.1) is 0 Å². The van der Waals surface area contributed by atoms with Crippen molar-refractivity contribution in [3.8, 4) is 0 Å². The number of carbonyl (C=O) groups excluding carboxylic acids is 2. The zero-order valence-corrected chi connectivity index (χ0v) is 19.3. The van der Waals surface area contributed by atoms with Crippen molar-refractivity contribution >= 4 is 25.9 Å². The molecule has 1 fully saturated rings. The summed E-state index contributed by atoms with van der Waals surface area (Å²) in [5.41, 5.74) is 2.50. The molecule has 0 bridgehead atoms. The van der Waals surface area contributed by atoms with Crippen molar-refractivity contribution < 1.29 is 9.59 Å². The number of urea groups is 1. The van der Waals surface area contributed by atoms with Crippen LogP contribution in [0.1, 0.15) is 53.1 Å². The molecule has 1 aliphatic heterocycles. The van der Waals surface area contributed by atoms with Crippen LogP contribution >= 0.6 is 0 Å². The standard InChI is InChI=1S/C24H32N2O2Si/c1-17(2)29(18(3)4,19(5)6)26-22(20-13-9-7-10-14-20)23(27)25(24(26)28)21-15-11-8-12-16-21/h7-19,22H,1-6H3. The second-order valence-electron chi connectivity index (χ2n) is 8.83. The number of amides is 3. The molecule has 1 unspecified atom stereocenters. The van der Waals surface area contributed by atoms with Gasteiger partial charge in [-0.25, -0.2) is 9.69 Å². The van der Waals surface area contributed by atoms with E-state index < -0.39 is 14.3 Å². The smallest absolute Gasteiger partial charge is 0.324 e. The van der Waals surface area contributed by atoms with E-state index in [0.717, 1.165) is 5.56 Å². The number of benzene rings is 2. The number of nitrogens with zero attached hydrogens (tertiary/aromatic N) is 2. The van der Waals surface area contributed by atoms with E-state index >= 15 is 0 Å². The average Bonchev–Trinajstić information content (AvgIpc) is 2.93. The Labute approximate surface area is 175 Å². The summed E-state index contributed by atoms with van der Waals surface area (Å²) in [6.07, 6.45) is 0.